The van der Waals surface area contributed by atoms with Crippen molar-refractivity contribution in [1.29, 1.82) is 0 Å². The Hall–Kier alpha value is 3.86. The first kappa shape index (κ1) is 12.9. The lowest BCUT2D eigenvalue weighted by molar-refractivity contribution is 1.46. The number of halogens is 6. The highest BCUT2D eigenvalue weighted by Crippen LogP contribution is 2.59. The molecule has 0 heterocycles. The zero-order chi connectivity index (χ0) is 8.81. The summed E-state index contributed by atoms with van der Waals surface area (Å²) >= 11 is 14.7. The molecule has 0 saturated heterocycles. The molecule has 11 heavy (non-hydrogen) atoms. The smallest absolute Gasteiger partial charge is 0.0554 e. The molecule has 0 nitrogen and oxygen atoms in total. The summed E-state index contributed by atoms with van der Waals surface area (Å²) in [6.45, 7) is 0. The third-order valence-corrected chi connectivity index (χ3v) is 15.4. The summed E-state index contributed by atoms with van der Waals surface area (Å²) in [6, 6.07) is 0. The van der Waals surface area contributed by atoms with Crippen LogP contribution >= 0.6 is 136 Å². The van der Waals surface area contributed by atoms with Crippen molar-refractivity contribution >= 4 is 136 Å². The highest BCUT2D eigenvalue weighted by atomic mass is 127. The molecule has 0 unspecified atom stereocenters. The zero-order valence-corrected chi connectivity index (χ0v) is 17.7. The minimum Gasteiger partial charge on any atom is -0.0554 e. The molecule has 0 radical (unpaired) electrons. The fraction of sp³-hybridized carbons (Fsp3) is 0.200. The maximum Gasteiger partial charge on any atom is 0.136 e. The summed E-state index contributed by atoms with van der Waals surface area (Å²) in [5.74, 6) is 0. The van der Waals surface area contributed by atoms with Crippen molar-refractivity contribution in [2.45, 2.75) is 1.43 Å². The van der Waals surface area contributed by atoms with Crippen LogP contribution in [0.25, 0.3) is 0 Å². The van der Waals surface area contributed by atoms with E-state index in [1.54, 1.807) is 0 Å². The van der Waals surface area contributed by atoms with Gasteiger partial charge < -0.3 is 0 Å². The molecule has 1 aliphatic rings. The summed E-state index contributed by atoms with van der Waals surface area (Å²) in [7, 11) is 0. The quantitative estimate of drug-likeness (QED) is 0.217. The molecule has 1 rings (SSSR count). The van der Waals surface area contributed by atoms with Gasteiger partial charge in [-0.1, -0.05) is 45.2 Å². The van der Waals surface area contributed by atoms with Gasteiger partial charge in [0.15, 0.2) is 0 Å². The molecular weight excluding hydrogens is 821 g/mol. The van der Waals surface area contributed by atoms with E-state index in [0.717, 1.165) is 0 Å². The Labute approximate surface area is 147 Å². The van der Waals surface area contributed by atoms with Gasteiger partial charge in [-0.15, -0.1) is 0 Å². The Morgan fingerprint density at radius 3 is 1.09 bits per heavy atom. The van der Waals surface area contributed by atoms with Crippen molar-refractivity contribution < 1.29 is 0 Å². The average molecular weight is 821 g/mol. The van der Waals surface area contributed by atoms with Crippen LogP contribution < -0.4 is 0 Å². The maximum atomic E-state index is 2.49. The van der Waals surface area contributed by atoms with E-state index in [1.165, 1.54) is 14.3 Å². The van der Waals surface area contributed by atoms with Gasteiger partial charge in [-0.2, -0.15) is 0 Å². The monoisotopic (exact) mass is 821 g/mol. The van der Waals surface area contributed by atoms with Crippen LogP contribution in [0.2, 0.25) is 0 Å². The fourth-order valence-electron chi connectivity index (χ4n) is 0.565. The minimum absolute atomic E-state index is 0.212. The molecule has 0 fully saturated rings. The van der Waals surface area contributed by atoms with Crippen molar-refractivity contribution in [3.63, 3.8) is 0 Å². The maximum absolute atomic E-state index is 2.49. The normalized spacial score (nSPS) is 23.5. The van der Waals surface area contributed by atoms with Crippen molar-refractivity contribution in [3.05, 3.63) is 14.3 Å². The molecule has 6 heteroatoms. The SMILES string of the molecule is IC1=C(I)C(I)(I)C(I)=C1I. The summed E-state index contributed by atoms with van der Waals surface area (Å²) < 4.78 is 5.94. The van der Waals surface area contributed by atoms with Gasteiger partial charge >= 0.3 is 0 Å². The molecular formula is C5I6. The second kappa shape index (κ2) is 4.80. The lowest BCUT2D eigenvalue weighted by Gasteiger charge is -2.14. The number of hydrogen-bond acceptors (Lipinski definition) is 0. The van der Waals surface area contributed by atoms with Gasteiger partial charge in [0.1, 0.15) is 1.43 Å². The molecule has 0 aliphatic heterocycles. The molecule has 1 aliphatic carbocycles. The second-order valence-corrected chi connectivity index (χ2v) is 11.4. The molecule has 0 aromatic carbocycles. The Balaban J connectivity index is 3.27. The van der Waals surface area contributed by atoms with Crippen molar-refractivity contribution in [3.8, 4) is 0 Å². The predicted molar refractivity (Wildman–Crippen MR) is 101 cm³/mol. The van der Waals surface area contributed by atoms with E-state index >= 15 is 0 Å². The number of allylic oxidation sites excluding steroid dienone is 4. The average Bonchev–Trinajstić information content (AvgIpc) is 2.06. The van der Waals surface area contributed by atoms with Crippen LogP contribution in [0.4, 0.5) is 0 Å². The van der Waals surface area contributed by atoms with Crippen LogP contribution in [-0.4, -0.2) is 1.43 Å². The zero-order valence-electron chi connectivity index (χ0n) is 4.77. The highest BCUT2D eigenvalue weighted by Gasteiger charge is 2.39. The van der Waals surface area contributed by atoms with Crippen molar-refractivity contribution in [1.82, 2.24) is 0 Å². The Kier molecular flexibility index (Phi) is 5.64. The van der Waals surface area contributed by atoms with Gasteiger partial charge in [-0.3, -0.25) is 0 Å². The van der Waals surface area contributed by atoms with E-state index in [1.807, 2.05) is 0 Å². The van der Waals surface area contributed by atoms with Crippen LogP contribution in [0.3, 0.4) is 0 Å². The third-order valence-electron chi connectivity index (χ3n) is 1.13. The molecule has 0 bridgehead atoms. The van der Waals surface area contributed by atoms with Crippen LogP contribution in [0.5, 0.6) is 0 Å². The molecule has 0 aromatic rings. The van der Waals surface area contributed by atoms with Gasteiger partial charge in [0, 0.05) is 14.3 Å². The van der Waals surface area contributed by atoms with Gasteiger partial charge in [0.25, 0.3) is 0 Å². The van der Waals surface area contributed by atoms with E-state index < -0.39 is 0 Å². The number of rotatable bonds is 0. The van der Waals surface area contributed by atoms with E-state index in [9.17, 15) is 0 Å². The van der Waals surface area contributed by atoms with Gasteiger partial charge in [0.05, 0.1) is 0 Å². The topological polar surface area (TPSA) is 0 Å². The van der Waals surface area contributed by atoms with Gasteiger partial charge in [-0.05, 0) is 90.4 Å². The summed E-state index contributed by atoms with van der Waals surface area (Å²) in [6.07, 6.45) is 0. The summed E-state index contributed by atoms with van der Waals surface area (Å²) in [5, 5.41) is 0. The number of hydrogen-bond donors (Lipinski definition) is 0. The van der Waals surface area contributed by atoms with E-state index in [4.69, 9.17) is 0 Å². The first-order valence-electron chi connectivity index (χ1n) is 2.38. The van der Waals surface area contributed by atoms with Crippen molar-refractivity contribution in [2.75, 3.05) is 0 Å². The molecule has 0 atom stereocenters. The second-order valence-electron chi connectivity index (χ2n) is 1.83. The Morgan fingerprint density at radius 1 is 0.727 bits per heavy atom. The fourth-order valence-corrected chi connectivity index (χ4v) is 7.68. The van der Waals surface area contributed by atoms with Crippen LogP contribution in [-0.2, 0) is 0 Å². The lowest BCUT2D eigenvalue weighted by atomic mass is 10.5. The van der Waals surface area contributed by atoms with Crippen LogP contribution in [0.1, 0.15) is 0 Å². The molecule has 0 spiro atoms. The third kappa shape index (κ3) is 2.51. The Morgan fingerprint density at radius 2 is 1.00 bits per heavy atom. The van der Waals surface area contributed by atoms with E-state index in [2.05, 4.69) is 136 Å². The summed E-state index contributed by atoms with van der Waals surface area (Å²) in [4.78, 5) is 0. The van der Waals surface area contributed by atoms with Gasteiger partial charge in [-0.25, -0.2) is 0 Å². The molecule has 0 aromatic heterocycles. The molecule has 0 N–H and O–H groups in total. The first-order valence-corrected chi connectivity index (χ1v) is 8.86. The largest absolute Gasteiger partial charge is 0.136 e. The minimum atomic E-state index is 0.212. The van der Waals surface area contributed by atoms with Crippen LogP contribution in [0.15, 0.2) is 14.3 Å². The standard InChI is InChI=1S/C5I6/c6-1-2(7)4(9)5(10,11)3(1)8. The van der Waals surface area contributed by atoms with Crippen molar-refractivity contribution in [2.24, 2.45) is 0 Å². The predicted octanol–water partition coefficient (Wildman–Crippen LogP) is 5.73. The van der Waals surface area contributed by atoms with Gasteiger partial charge in [0.2, 0.25) is 0 Å². The first-order chi connectivity index (χ1) is 4.89. The molecule has 62 valence electrons. The summed E-state index contributed by atoms with van der Waals surface area (Å²) in [5.41, 5.74) is 0. The Bertz CT molecular complexity index is 234. The van der Waals surface area contributed by atoms with E-state index in [0.29, 0.717) is 0 Å². The molecule has 0 amide bonds. The van der Waals surface area contributed by atoms with E-state index in [-0.39, 0.29) is 1.43 Å². The highest BCUT2D eigenvalue weighted by molar-refractivity contribution is 14.2. The number of alkyl halides is 2. The molecule has 0 saturated carbocycles. The van der Waals surface area contributed by atoms with Crippen LogP contribution in [0, 0.1) is 0 Å². The lowest BCUT2D eigenvalue weighted by Crippen LogP contribution is -2.06.